The van der Waals surface area contributed by atoms with Crippen LogP contribution in [0.2, 0.25) is 0 Å². The molecule has 1 aromatic heterocycles. The Kier molecular flexibility index (Phi) is 11.7. The second-order valence-electron chi connectivity index (χ2n) is 12.1. The van der Waals surface area contributed by atoms with E-state index in [2.05, 4.69) is 20.6 Å². The third kappa shape index (κ3) is 9.17. The molecule has 0 bridgehead atoms. The highest BCUT2D eigenvalue weighted by Crippen LogP contribution is 2.26. The Hall–Kier alpha value is -5.43. The molecule has 0 radical (unpaired) electrons. The lowest BCUT2D eigenvalue weighted by Gasteiger charge is -2.18. The number of rotatable bonds is 14. The molecule has 0 fully saturated rings. The number of hydrogen-bond donors (Lipinski definition) is 3. The molecule has 1 aliphatic heterocycles. The first-order valence-electron chi connectivity index (χ1n) is 16.1. The number of esters is 1. The summed E-state index contributed by atoms with van der Waals surface area (Å²) in [6.07, 6.45) is 1.20. The van der Waals surface area contributed by atoms with Crippen LogP contribution in [0.4, 0.5) is 5.69 Å². The fourth-order valence-electron chi connectivity index (χ4n) is 5.39. The molecule has 2 heterocycles. The molecule has 4 aromatic rings. The van der Waals surface area contributed by atoms with Crippen LogP contribution in [0.5, 0.6) is 11.5 Å². The van der Waals surface area contributed by atoms with Gasteiger partial charge in [0.25, 0.3) is 11.8 Å². The monoisotopic (exact) mass is 699 g/mol. The van der Waals surface area contributed by atoms with Crippen molar-refractivity contribution >= 4 is 40.7 Å². The Morgan fingerprint density at radius 2 is 1.88 bits per heavy atom. The quantitative estimate of drug-likeness (QED) is 0.120. The summed E-state index contributed by atoms with van der Waals surface area (Å²) in [7, 11) is 4.57. The number of benzene rings is 3. The summed E-state index contributed by atoms with van der Waals surface area (Å²) < 4.78 is 15.8. The number of aromatic hydroxyl groups is 1. The van der Waals surface area contributed by atoms with Gasteiger partial charge in [0, 0.05) is 47.4 Å². The third-order valence-corrected chi connectivity index (χ3v) is 9.07. The van der Waals surface area contributed by atoms with E-state index in [9.17, 15) is 19.5 Å². The Morgan fingerprint density at radius 1 is 1.08 bits per heavy atom. The predicted octanol–water partition coefficient (Wildman–Crippen LogP) is 5.12. The smallest absolute Gasteiger partial charge is 0.334 e. The van der Waals surface area contributed by atoms with E-state index in [1.165, 1.54) is 23.3 Å². The van der Waals surface area contributed by atoms with Crippen LogP contribution in [-0.4, -0.2) is 78.6 Å². The van der Waals surface area contributed by atoms with Crippen molar-refractivity contribution in [2.24, 2.45) is 4.99 Å². The zero-order chi connectivity index (χ0) is 35.8. The Labute approximate surface area is 295 Å². The maximum Gasteiger partial charge on any atom is 0.334 e. The first-order valence-corrected chi connectivity index (χ1v) is 17.0. The summed E-state index contributed by atoms with van der Waals surface area (Å²) in [5, 5.41) is 19.6. The number of nitrogens with zero attached hydrogens (tertiary/aromatic N) is 3. The second-order valence-corrected chi connectivity index (χ2v) is 13.0. The van der Waals surface area contributed by atoms with Crippen molar-refractivity contribution < 1.29 is 33.7 Å². The van der Waals surface area contributed by atoms with Gasteiger partial charge in [-0.2, -0.15) is 0 Å². The van der Waals surface area contributed by atoms with Gasteiger partial charge < -0.3 is 34.9 Å². The van der Waals surface area contributed by atoms with E-state index in [1.807, 2.05) is 55.6 Å². The minimum absolute atomic E-state index is 0.00308. The number of aromatic nitrogens is 1. The zero-order valence-electron chi connectivity index (χ0n) is 28.7. The molecular weight excluding hydrogens is 659 g/mol. The average Bonchev–Trinajstić information content (AvgIpc) is 3.78. The van der Waals surface area contributed by atoms with Crippen molar-refractivity contribution in [3.63, 3.8) is 0 Å². The molecule has 5 rings (SSSR count). The van der Waals surface area contributed by atoms with Crippen LogP contribution in [0.3, 0.4) is 0 Å². The van der Waals surface area contributed by atoms with E-state index in [4.69, 9.17) is 14.2 Å². The molecule has 0 spiro atoms. The van der Waals surface area contributed by atoms with Gasteiger partial charge in [-0.3, -0.25) is 9.59 Å². The summed E-state index contributed by atoms with van der Waals surface area (Å²) in [5.74, 6) is -0.178. The van der Waals surface area contributed by atoms with Gasteiger partial charge in [-0.15, -0.1) is 11.3 Å². The Morgan fingerprint density at radius 3 is 2.60 bits per heavy atom. The van der Waals surface area contributed by atoms with Gasteiger partial charge in [-0.05, 0) is 80.3 Å². The number of hydrogen-bond acceptors (Lipinski definition) is 11. The van der Waals surface area contributed by atoms with Crippen LogP contribution in [-0.2, 0) is 33.8 Å². The third-order valence-electron chi connectivity index (χ3n) is 8.12. The molecule has 3 aromatic carbocycles. The number of ether oxygens (including phenoxy) is 3. The summed E-state index contributed by atoms with van der Waals surface area (Å²) in [6, 6.07) is 16.9. The lowest BCUT2D eigenvalue weighted by atomic mass is 10.0. The predicted molar refractivity (Wildman–Crippen MR) is 191 cm³/mol. The first kappa shape index (κ1) is 35.9. The van der Waals surface area contributed by atoms with Gasteiger partial charge in [0.15, 0.2) is 6.04 Å². The van der Waals surface area contributed by atoms with E-state index < -0.39 is 12.0 Å². The normalized spacial score (nSPS) is 14.3. The molecule has 262 valence electrons. The van der Waals surface area contributed by atoms with Crippen LogP contribution in [0.25, 0.3) is 0 Å². The summed E-state index contributed by atoms with van der Waals surface area (Å²) >= 11 is 1.47. The van der Waals surface area contributed by atoms with E-state index in [0.29, 0.717) is 37.2 Å². The van der Waals surface area contributed by atoms with E-state index in [0.717, 1.165) is 27.6 Å². The molecule has 0 saturated carbocycles. The fourth-order valence-corrected chi connectivity index (χ4v) is 6.21. The molecule has 0 saturated heterocycles. The van der Waals surface area contributed by atoms with Gasteiger partial charge >= 0.3 is 5.97 Å². The van der Waals surface area contributed by atoms with E-state index in [1.54, 1.807) is 38.4 Å². The summed E-state index contributed by atoms with van der Waals surface area (Å²) in [5.41, 5.74) is 4.33. The Balaban J connectivity index is 1.25. The number of aliphatic imine (C=N–C) groups is 1. The molecule has 1 aliphatic rings. The number of methoxy groups -OCH3 is 2. The SMILES string of the molecule is COC(=O)C1COC(c2cc(C(=O)N[C@@H](C)CCc3ccc(NCc4cccc(OC)c4)c(O)c3)cc(C(=O)N(C)Cc3nc(C)cs3)c2)=N1. The largest absolute Gasteiger partial charge is 0.506 e. The van der Waals surface area contributed by atoms with E-state index >= 15 is 0 Å². The number of aryl methyl sites for hydroxylation is 2. The van der Waals surface area contributed by atoms with Gasteiger partial charge in [-0.1, -0.05) is 18.2 Å². The van der Waals surface area contributed by atoms with Gasteiger partial charge in [0.1, 0.15) is 23.1 Å². The van der Waals surface area contributed by atoms with E-state index in [-0.39, 0.29) is 47.2 Å². The van der Waals surface area contributed by atoms with Crippen molar-refractivity contribution in [1.82, 2.24) is 15.2 Å². The minimum atomic E-state index is -0.834. The standard InChI is InChI=1S/C37H41N5O7S/c1-22(9-10-24-11-12-30(32(43)14-24)38-18-25-7-6-8-29(13-25)47-4)40-34(44)26-15-27(35-41-31(20-49-35)37(46)48-5)17-28(16-26)36(45)42(3)19-33-39-23(2)21-50-33/h6-8,11-17,21-22,31,38,43H,9-10,18-20H2,1-5H3,(H,40,44)/t22-,31?/m0/s1. The van der Waals surface area contributed by atoms with Crippen molar-refractivity contribution in [2.45, 2.75) is 51.9 Å². The second kappa shape index (κ2) is 16.3. The molecule has 1 unspecified atom stereocenters. The highest BCUT2D eigenvalue weighted by atomic mass is 32.1. The number of nitrogens with one attached hydrogen (secondary N) is 2. The molecular formula is C37H41N5O7S. The number of phenolic OH excluding ortho intramolecular Hbond substituents is 1. The highest BCUT2D eigenvalue weighted by molar-refractivity contribution is 7.09. The molecule has 2 amide bonds. The number of carbonyl (C=O) groups is 3. The van der Waals surface area contributed by atoms with Gasteiger partial charge in [0.2, 0.25) is 5.90 Å². The first-order chi connectivity index (χ1) is 24.0. The maximum absolute atomic E-state index is 13.6. The average molecular weight is 700 g/mol. The van der Waals surface area contributed by atoms with Gasteiger partial charge in [-0.25, -0.2) is 14.8 Å². The topological polar surface area (TPSA) is 152 Å². The lowest BCUT2D eigenvalue weighted by Crippen LogP contribution is -2.33. The number of thiazole rings is 1. The number of anilines is 1. The molecule has 12 nitrogen and oxygen atoms in total. The summed E-state index contributed by atoms with van der Waals surface area (Å²) in [4.78, 5) is 49.5. The highest BCUT2D eigenvalue weighted by Gasteiger charge is 2.29. The summed E-state index contributed by atoms with van der Waals surface area (Å²) in [6.45, 7) is 4.61. The van der Waals surface area contributed by atoms with Crippen LogP contribution < -0.4 is 15.4 Å². The van der Waals surface area contributed by atoms with Crippen molar-refractivity contribution in [2.75, 3.05) is 33.2 Å². The Bertz CT molecular complexity index is 1890. The van der Waals surface area contributed by atoms with Gasteiger partial charge in [0.05, 0.1) is 26.5 Å². The number of amides is 2. The maximum atomic E-state index is 13.6. The van der Waals surface area contributed by atoms with Crippen LogP contribution in [0.15, 0.2) is 71.0 Å². The zero-order valence-corrected chi connectivity index (χ0v) is 29.5. The molecule has 50 heavy (non-hydrogen) atoms. The van der Waals surface area contributed by atoms with Crippen LogP contribution >= 0.6 is 11.3 Å². The van der Waals surface area contributed by atoms with Crippen LogP contribution in [0, 0.1) is 6.92 Å². The van der Waals surface area contributed by atoms with Crippen molar-refractivity contribution in [3.05, 3.63) is 105 Å². The molecule has 2 atom stereocenters. The molecule has 0 aliphatic carbocycles. The molecule has 3 N–H and O–H groups in total. The lowest BCUT2D eigenvalue weighted by molar-refractivity contribution is -0.142. The van der Waals surface area contributed by atoms with Crippen molar-refractivity contribution in [3.8, 4) is 11.5 Å². The number of phenols is 1. The van der Waals surface area contributed by atoms with Crippen molar-refractivity contribution in [1.29, 1.82) is 0 Å². The molecule has 13 heteroatoms. The fraction of sp³-hybridized carbons (Fsp3) is 0.324. The number of carbonyl (C=O) groups excluding carboxylic acids is 3. The minimum Gasteiger partial charge on any atom is -0.506 e. The van der Waals surface area contributed by atoms with Crippen LogP contribution in [0.1, 0.15) is 61.5 Å².